The van der Waals surface area contributed by atoms with Crippen molar-refractivity contribution in [1.82, 2.24) is 9.80 Å². The standard InChI is InChI=1S/C25H33N3O4S/c1-17-15-20(26-24(31)25(3,4)5)33-21(17)23(30)32-18(2)22(29)28-13-11-27(12-14-28)16-19-9-7-6-8-10-19/h6-10,15,18H,11-14,16H2,1-5H3,(H,26,31). The van der Waals surface area contributed by atoms with E-state index in [1.165, 1.54) is 5.56 Å². The van der Waals surface area contributed by atoms with Crippen molar-refractivity contribution in [2.45, 2.75) is 47.3 Å². The van der Waals surface area contributed by atoms with Crippen LogP contribution in [-0.2, 0) is 20.9 Å². The fraction of sp³-hybridized carbons (Fsp3) is 0.480. The molecule has 0 aliphatic carbocycles. The molecule has 1 fully saturated rings. The Morgan fingerprint density at radius 1 is 1.09 bits per heavy atom. The van der Waals surface area contributed by atoms with Crippen molar-refractivity contribution in [2.24, 2.45) is 5.41 Å². The van der Waals surface area contributed by atoms with Gasteiger partial charge in [-0.25, -0.2) is 4.79 Å². The fourth-order valence-corrected chi connectivity index (χ4v) is 4.49. The van der Waals surface area contributed by atoms with E-state index in [-0.39, 0.29) is 11.8 Å². The highest BCUT2D eigenvalue weighted by Crippen LogP contribution is 2.29. The summed E-state index contributed by atoms with van der Waals surface area (Å²) < 4.78 is 5.49. The quantitative estimate of drug-likeness (QED) is 0.646. The lowest BCUT2D eigenvalue weighted by Crippen LogP contribution is -2.51. The van der Waals surface area contributed by atoms with Crippen LogP contribution in [0.4, 0.5) is 5.00 Å². The van der Waals surface area contributed by atoms with Crippen molar-refractivity contribution in [3.63, 3.8) is 0 Å². The molecule has 1 saturated heterocycles. The zero-order valence-corrected chi connectivity index (χ0v) is 20.8. The Kier molecular flexibility index (Phi) is 7.92. The van der Waals surface area contributed by atoms with E-state index in [9.17, 15) is 14.4 Å². The second-order valence-electron chi connectivity index (χ2n) is 9.46. The Morgan fingerprint density at radius 2 is 1.73 bits per heavy atom. The van der Waals surface area contributed by atoms with Gasteiger partial charge in [-0.05, 0) is 31.0 Å². The van der Waals surface area contributed by atoms with Crippen LogP contribution in [0.2, 0.25) is 0 Å². The maximum Gasteiger partial charge on any atom is 0.349 e. The molecule has 0 bridgehead atoms. The van der Waals surface area contributed by atoms with Gasteiger partial charge >= 0.3 is 5.97 Å². The van der Waals surface area contributed by atoms with Crippen molar-refractivity contribution in [3.05, 3.63) is 52.4 Å². The minimum absolute atomic E-state index is 0.126. The van der Waals surface area contributed by atoms with E-state index in [4.69, 9.17) is 4.74 Å². The zero-order valence-electron chi connectivity index (χ0n) is 20.0. The van der Waals surface area contributed by atoms with Crippen LogP contribution < -0.4 is 5.32 Å². The van der Waals surface area contributed by atoms with Crippen LogP contribution in [-0.4, -0.2) is 59.9 Å². The molecule has 0 spiro atoms. The number of carbonyl (C=O) groups excluding carboxylic acids is 3. The highest BCUT2D eigenvalue weighted by atomic mass is 32.1. The molecular weight excluding hydrogens is 438 g/mol. The van der Waals surface area contributed by atoms with E-state index < -0.39 is 17.5 Å². The van der Waals surface area contributed by atoms with E-state index >= 15 is 0 Å². The molecule has 2 amide bonds. The van der Waals surface area contributed by atoms with E-state index in [0.29, 0.717) is 28.5 Å². The highest BCUT2D eigenvalue weighted by molar-refractivity contribution is 7.18. The number of aryl methyl sites for hydroxylation is 1. The zero-order chi connectivity index (χ0) is 24.2. The fourth-order valence-electron chi connectivity index (χ4n) is 3.54. The normalized spacial score (nSPS) is 15.7. The summed E-state index contributed by atoms with van der Waals surface area (Å²) in [5.41, 5.74) is 1.43. The average Bonchev–Trinajstić information content (AvgIpc) is 3.14. The molecule has 1 N–H and O–H groups in total. The highest BCUT2D eigenvalue weighted by Gasteiger charge is 2.29. The molecule has 1 atom stereocenters. The van der Waals surface area contributed by atoms with E-state index in [1.807, 2.05) is 39.0 Å². The number of thiophene rings is 1. The van der Waals surface area contributed by atoms with Crippen LogP contribution in [0.1, 0.15) is 48.5 Å². The minimum atomic E-state index is -0.868. The predicted molar refractivity (Wildman–Crippen MR) is 130 cm³/mol. The van der Waals surface area contributed by atoms with Gasteiger partial charge in [0.2, 0.25) is 5.91 Å². The maximum absolute atomic E-state index is 12.9. The number of benzene rings is 1. The summed E-state index contributed by atoms with van der Waals surface area (Å²) in [6.07, 6.45) is -0.868. The lowest BCUT2D eigenvalue weighted by molar-refractivity contribution is -0.141. The van der Waals surface area contributed by atoms with Crippen molar-refractivity contribution < 1.29 is 19.1 Å². The van der Waals surface area contributed by atoms with Gasteiger partial charge in [-0.15, -0.1) is 11.3 Å². The topological polar surface area (TPSA) is 78.9 Å². The summed E-state index contributed by atoms with van der Waals surface area (Å²) in [5, 5.41) is 3.43. The van der Waals surface area contributed by atoms with Gasteiger partial charge in [0, 0.05) is 38.1 Å². The van der Waals surface area contributed by atoms with Gasteiger partial charge < -0.3 is 15.0 Å². The Morgan fingerprint density at radius 3 is 2.33 bits per heavy atom. The molecule has 8 heteroatoms. The Labute approximate surface area is 199 Å². The molecule has 2 heterocycles. The molecule has 1 aromatic carbocycles. The first-order chi connectivity index (χ1) is 15.5. The summed E-state index contributed by atoms with van der Waals surface area (Å²) in [5.74, 6) is -0.853. The third-order valence-corrected chi connectivity index (χ3v) is 6.72. The number of ether oxygens (including phenoxy) is 1. The van der Waals surface area contributed by atoms with Crippen LogP contribution in [0.25, 0.3) is 0 Å². The molecule has 1 aliphatic rings. The van der Waals surface area contributed by atoms with Crippen LogP contribution in [0, 0.1) is 12.3 Å². The lowest BCUT2D eigenvalue weighted by atomic mass is 9.96. The number of carbonyl (C=O) groups is 3. The van der Waals surface area contributed by atoms with Crippen molar-refractivity contribution in [1.29, 1.82) is 0 Å². The van der Waals surface area contributed by atoms with Crippen molar-refractivity contribution in [3.8, 4) is 0 Å². The molecule has 1 unspecified atom stereocenters. The number of amides is 2. The third-order valence-electron chi connectivity index (χ3n) is 5.59. The number of anilines is 1. The molecule has 3 rings (SSSR count). The molecule has 7 nitrogen and oxygen atoms in total. The molecule has 0 radical (unpaired) electrons. The first kappa shape index (κ1) is 24.9. The number of esters is 1. The number of nitrogens with zero attached hydrogens (tertiary/aromatic N) is 2. The van der Waals surface area contributed by atoms with E-state index in [0.717, 1.165) is 31.0 Å². The molecule has 2 aromatic rings. The molecule has 33 heavy (non-hydrogen) atoms. The number of nitrogens with one attached hydrogen (secondary N) is 1. The van der Waals surface area contributed by atoms with Crippen molar-refractivity contribution in [2.75, 3.05) is 31.5 Å². The molecule has 0 saturated carbocycles. The number of piperazine rings is 1. The summed E-state index contributed by atoms with van der Waals surface area (Å²) >= 11 is 1.16. The summed E-state index contributed by atoms with van der Waals surface area (Å²) in [6.45, 7) is 12.5. The van der Waals surface area contributed by atoms with Crippen LogP contribution in [0.5, 0.6) is 0 Å². The van der Waals surface area contributed by atoms with Gasteiger partial charge in [-0.3, -0.25) is 14.5 Å². The summed E-state index contributed by atoms with van der Waals surface area (Å²) in [4.78, 5) is 42.3. The first-order valence-electron chi connectivity index (χ1n) is 11.2. The second kappa shape index (κ2) is 10.5. The van der Waals surface area contributed by atoms with E-state index in [1.54, 1.807) is 24.8 Å². The molecule has 1 aromatic heterocycles. The predicted octanol–water partition coefficient (Wildman–Crippen LogP) is 3.93. The average molecular weight is 472 g/mol. The Balaban J connectivity index is 1.52. The van der Waals surface area contributed by atoms with Gasteiger partial charge in [-0.2, -0.15) is 0 Å². The minimum Gasteiger partial charge on any atom is -0.448 e. The third kappa shape index (κ3) is 6.65. The summed E-state index contributed by atoms with van der Waals surface area (Å²) in [7, 11) is 0. The van der Waals surface area contributed by atoms with Gasteiger partial charge in [0.15, 0.2) is 6.10 Å². The second-order valence-corrected chi connectivity index (χ2v) is 10.5. The molecule has 178 valence electrons. The lowest BCUT2D eigenvalue weighted by Gasteiger charge is -2.35. The molecule has 1 aliphatic heterocycles. The van der Waals surface area contributed by atoms with Gasteiger partial charge in [0.05, 0.1) is 5.00 Å². The van der Waals surface area contributed by atoms with Crippen LogP contribution >= 0.6 is 11.3 Å². The number of rotatable bonds is 6. The van der Waals surface area contributed by atoms with Gasteiger partial charge in [0.1, 0.15) is 4.88 Å². The van der Waals surface area contributed by atoms with Crippen LogP contribution in [0.15, 0.2) is 36.4 Å². The first-order valence-corrected chi connectivity index (χ1v) is 12.0. The SMILES string of the molecule is Cc1cc(NC(=O)C(C)(C)C)sc1C(=O)OC(C)C(=O)N1CCN(Cc2ccccc2)CC1. The smallest absolute Gasteiger partial charge is 0.349 e. The van der Waals surface area contributed by atoms with Gasteiger partial charge in [-0.1, -0.05) is 51.1 Å². The Hall–Kier alpha value is -2.71. The monoisotopic (exact) mass is 471 g/mol. The van der Waals surface area contributed by atoms with Gasteiger partial charge in [0.25, 0.3) is 5.91 Å². The van der Waals surface area contributed by atoms with E-state index in [2.05, 4.69) is 22.3 Å². The molecular formula is C25H33N3O4S. The number of hydrogen-bond acceptors (Lipinski definition) is 6. The largest absolute Gasteiger partial charge is 0.448 e. The van der Waals surface area contributed by atoms with Crippen LogP contribution in [0.3, 0.4) is 0 Å². The summed E-state index contributed by atoms with van der Waals surface area (Å²) in [6, 6.07) is 12.0. The number of hydrogen-bond donors (Lipinski definition) is 1. The maximum atomic E-state index is 12.9. The Bertz CT molecular complexity index is 989. The van der Waals surface area contributed by atoms with Crippen molar-refractivity contribution >= 4 is 34.1 Å².